The second-order valence-electron chi connectivity index (χ2n) is 11.2. The maximum atomic E-state index is 5.85. The number of quaternary nitrogens is 2. The van der Waals surface area contributed by atoms with Gasteiger partial charge in [0.05, 0.1) is 19.2 Å². The summed E-state index contributed by atoms with van der Waals surface area (Å²) in [6.07, 6.45) is 4.49. The molecule has 0 saturated heterocycles. The molecule has 0 amide bonds. The van der Waals surface area contributed by atoms with E-state index in [1.54, 1.807) is 0 Å². The molecule has 3 aliphatic heterocycles. The summed E-state index contributed by atoms with van der Waals surface area (Å²) in [5.74, 6) is 4.11. The van der Waals surface area contributed by atoms with Gasteiger partial charge in [0.2, 0.25) is 26.1 Å². The SMILES string of the molecule is CCCC[N+]1(C[N+](C)(c2ccc3c(c2)OCO3)c2ccc3c(c2)OCO3)C=C(c2ccccc2)N=C1c1ccccc1. The molecule has 42 heavy (non-hydrogen) atoms. The van der Waals surface area contributed by atoms with Crippen molar-refractivity contribution in [3.8, 4) is 23.0 Å². The van der Waals surface area contributed by atoms with Gasteiger partial charge in [-0.1, -0.05) is 61.9 Å². The minimum absolute atomic E-state index is 0.233. The molecular weight excluding hydrogens is 526 g/mol. The molecular formula is C35H35N3O4+2. The lowest BCUT2D eigenvalue weighted by Crippen LogP contribution is -2.59. The second-order valence-corrected chi connectivity index (χ2v) is 11.2. The zero-order valence-corrected chi connectivity index (χ0v) is 24.0. The number of hydrogen-bond donors (Lipinski definition) is 0. The maximum absolute atomic E-state index is 5.85. The van der Waals surface area contributed by atoms with Gasteiger partial charge in [0, 0.05) is 29.8 Å². The minimum atomic E-state index is 0.233. The van der Waals surface area contributed by atoms with Gasteiger partial charge in [-0.05, 0) is 30.7 Å². The molecule has 7 nitrogen and oxygen atoms in total. The Hall–Kier alpha value is -4.59. The predicted octanol–water partition coefficient (Wildman–Crippen LogP) is 7.45. The van der Waals surface area contributed by atoms with Gasteiger partial charge in [0.1, 0.15) is 23.3 Å². The lowest BCUT2D eigenvalue weighted by molar-refractivity contribution is -0.794. The van der Waals surface area contributed by atoms with E-state index in [9.17, 15) is 0 Å². The van der Waals surface area contributed by atoms with Crippen LogP contribution in [-0.4, -0.2) is 44.2 Å². The first-order chi connectivity index (χ1) is 20.6. The van der Waals surface area contributed by atoms with Gasteiger partial charge in [-0.2, -0.15) is 9.48 Å². The molecule has 0 spiro atoms. The molecule has 1 atom stereocenters. The van der Waals surface area contributed by atoms with Gasteiger partial charge in [-0.15, -0.1) is 0 Å². The Morgan fingerprint density at radius 3 is 1.81 bits per heavy atom. The molecule has 0 aliphatic carbocycles. The highest BCUT2D eigenvalue weighted by molar-refractivity contribution is 6.00. The maximum Gasteiger partial charge on any atom is 0.245 e. The molecule has 0 N–H and O–H groups in total. The first-order valence-electron chi connectivity index (χ1n) is 14.5. The monoisotopic (exact) mass is 561 g/mol. The highest BCUT2D eigenvalue weighted by atomic mass is 16.7. The topological polar surface area (TPSA) is 49.3 Å². The average Bonchev–Trinajstić information content (AvgIpc) is 3.79. The van der Waals surface area contributed by atoms with E-state index in [0.717, 1.165) is 76.4 Å². The van der Waals surface area contributed by atoms with Gasteiger partial charge >= 0.3 is 0 Å². The molecule has 1 unspecified atom stereocenters. The molecule has 4 aromatic carbocycles. The van der Waals surface area contributed by atoms with E-state index in [4.69, 9.17) is 23.9 Å². The van der Waals surface area contributed by atoms with Crippen molar-refractivity contribution in [2.24, 2.45) is 4.99 Å². The molecule has 0 radical (unpaired) electrons. The summed E-state index contributed by atoms with van der Waals surface area (Å²) in [7, 11) is 2.26. The van der Waals surface area contributed by atoms with Crippen molar-refractivity contribution in [3.63, 3.8) is 0 Å². The van der Waals surface area contributed by atoms with Crippen LogP contribution in [0.5, 0.6) is 23.0 Å². The van der Waals surface area contributed by atoms with Crippen molar-refractivity contribution < 1.29 is 23.4 Å². The summed E-state index contributed by atoms with van der Waals surface area (Å²) >= 11 is 0. The molecule has 3 heterocycles. The summed E-state index contributed by atoms with van der Waals surface area (Å²) in [5, 5.41) is 0. The molecule has 0 saturated carbocycles. The van der Waals surface area contributed by atoms with E-state index in [-0.39, 0.29) is 13.6 Å². The van der Waals surface area contributed by atoms with E-state index >= 15 is 0 Å². The molecule has 7 rings (SSSR count). The molecule has 212 valence electrons. The molecule has 7 heteroatoms. The molecule has 0 bridgehead atoms. The van der Waals surface area contributed by atoms with Crippen molar-refractivity contribution in [1.29, 1.82) is 0 Å². The number of amidine groups is 1. The number of aliphatic imine (C=N–C) groups is 1. The summed E-state index contributed by atoms with van der Waals surface area (Å²) in [5.41, 5.74) is 5.40. The van der Waals surface area contributed by atoms with Crippen molar-refractivity contribution >= 4 is 22.9 Å². The zero-order valence-electron chi connectivity index (χ0n) is 24.0. The Labute approximate surface area is 246 Å². The second kappa shape index (κ2) is 10.7. The largest absolute Gasteiger partial charge is 0.454 e. The number of hydrogen-bond acceptors (Lipinski definition) is 5. The molecule has 0 fully saturated rings. The van der Waals surface area contributed by atoms with E-state index in [1.165, 1.54) is 0 Å². The molecule has 0 aromatic heterocycles. The van der Waals surface area contributed by atoms with Crippen molar-refractivity contribution in [3.05, 3.63) is 114 Å². The van der Waals surface area contributed by atoms with E-state index in [0.29, 0.717) is 15.6 Å². The van der Waals surface area contributed by atoms with Crippen molar-refractivity contribution in [1.82, 2.24) is 4.48 Å². The average molecular weight is 562 g/mol. The first kappa shape index (κ1) is 26.3. The van der Waals surface area contributed by atoms with Gasteiger partial charge in [0.15, 0.2) is 23.0 Å². The van der Waals surface area contributed by atoms with Crippen LogP contribution in [0.25, 0.3) is 5.70 Å². The summed E-state index contributed by atoms with van der Waals surface area (Å²) < 4.78 is 24.1. The summed E-state index contributed by atoms with van der Waals surface area (Å²) in [6, 6.07) is 33.6. The Balaban J connectivity index is 1.42. The smallest absolute Gasteiger partial charge is 0.245 e. The van der Waals surface area contributed by atoms with Crippen LogP contribution >= 0.6 is 0 Å². The summed E-state index contributed by atoms with van der Waals surface area (Å²) in [4.78, 5) is 5.37. The number of unbranched alkanes of at least 4 members (excludes halogenated alkanes) is 1. The van der Waals surface area contributed by atoms with Crippen LogP contribution in [0.15, 0.2) is 108 Å². The number of nitrogens with zero attached hydrogens (tertiary/aromatic N) is 3. The van der Waals surface area contributed by atoms with Crippen LogP contribution in [-0.2, 0) is 0 Å². The number of rotatable bonds is 9. The highest BCUT2D eigenvalue weighted by Gasteiger charge is 2.48. The zero-order chi connectivity index (χ0) is 28.6. The normalized spacial score (nSPS) is 18.6. The lowest BCUT2D eigenvalue weighted by atomic mass is 10.1. The minimum Gasteiger partial charge on any atom is -0.454 e. The Morgan fingerprint density at radius 2 is 1.24 bits per heavy atom. The first-order valence-corrected chi connectivity index (χ1v) is 14.5. The Bertz CT molecular complexity index is 1610. The van der Waals surface area contributed by atoms with Crippen LogP contribution in [0.4, 0.5) is 11.4 Å². The Morgan fingerprint density at radius 1 is 0.690 bits per heavy atom. The van der Waals surface area contributed by atoms with Gasteiger partial charge < -0.3 is 18.9 Å². The summed E-state index contributed by atoms with van der Waals surface area (Å²) in [6.45, 7) is 4.30. The van der Waals surface area contributed by atoms with E-state index in [2.05, 4.69) is 99.0 Å². The number of benzene rings is 4. The van der Waals surface area contributed by atoms with E-state index in [1.807, 2.05) is 18.2 Å². The third-order valence-electron chi connectivity index (χ3n) is 8.42. The number of fused-ring (bicyclic) bond motifs is 2. The van der Waals surface area contributed by atoms with Crippen molar-refractivity contribution in [2.45, 2.75) is 19.8 Å². The quantitative estimate of drug-likeness (QED) is 0.199. The van der Waals surface area contributed by atoms with Gasteiger partial charge in [0.25, 0.3) is 0 Å². The third-order valence-corrected chi connectivity index (χ3v) is 8.42. The Kier molecular flexibility index (Phi) is 6.69. The standard InChI is InChI=1S/C35H35N3O4/c1-3-4-19-38(22-30(26-11-7-5-8-12-26)36-35(38)27-13-9-6-10-14-27)23-37(2,28-15-17-31-33(20-28)41-24-39-31)29-16-18-32-34(21-29)42-25-40-32/h5-18,20-22H,3-4,19,23-25H2,1-2H3/q+2. The number of ether oxygens (including phenoxy) is 4. The van der Waals surface area contributed by atoms with Crippen LogP contribution < -0.4 is 23.4 Å². The molecule has 3 aliphatic rings. The highest BCUT2D eigenvalue weighted by Crippen LogP contribution is 2.46. The van der Waals surface area contributed by atoms with E-state index < -0.39 is 0 Å². The molecule has 4 aromatic rings. The van der Waals surface area contributed by atoms with Gasteiger partial charge in [-0.3, -0.25) is 0 Å². The third kappa shape index (κ3) is 4.61. The fourth-order valence-corrected chi connectivity index (χ4v) is 6.19. The van der Waals surface area contributed by atoms with Crippen LogP contribution in [0.1, 0.15) is 30.9 Å². The van der Waals surface area contributed by atoms with Gasteiger partial charge in [-0.25, -0.2) is 4.48 Å². The van der Waals surface area contributed by atoms with Crippen LogP contribution in [0.3, 0.4) is 0 Å². The fraction of sp³-hybridized carbons (Fsp3) is 0.229. The predicted molar refractivity (Wildman–Crippen MR) is 165 cm³/mol. The van der Waals surface area contributed by atoms with Crippen LogP contribution in [0.2, 0.25) is 0 Å². The van der Waals surface area contributed by atoms with Crippen molar-refractivity contribution in [2.75, 3.05) is 33.8 Å². The van der Waals surface area contributed by atoms with Crippen LogP contribution in [0, 0.1) is 0 Å². The lowest BCUT2D eigenvalue weighted by Gasteiger charge is -2.41. The fourth-order valence-electron chi connectivity index (χ4n) is 6.19.